The first kappa shape index (κ1) is 19.6. The van der Waals surface area contributed by atoms with Crippen molar-refractivity contribution in [2.45, 2.75) is 33.7 Å². The van der Waals surface area contributed by atoms with E-state index in [2.05, 4.69) is 54.8 Å². The topological polar surface area (TPSA) is 54.5 Å². The maximum Gasteiger partial charge on any atom is 0.160 e. The summed E-state index contributed by atoms with van der Waals surface area (Å²) in [5.74, 6) is 1.05. The lowest BCUT2D eigenvalue weighted by Gasteiger charge is -2.11. The first-order valence-electron chi connectivity index (χ1n) is 10.2. The number of hydrogen-bond donors (Lipinski definition) is 0. The molecule has 148 valence electrons. The highest BCUT2D eigenvalue weighted by molar-refractivity contribution is 5.81. The molecule has 0 radical (unpaired) electrons. The van der Waals surface area contributed by atoms with Crippen LogP contribution < -0.4 is 0 Å². The van der Waals surface area contributed by atoms with E-state index >= 15 is 0 Å². The van der Waals surface area contributed by atoms with Crippen LogP contribution in [-0.2, 0) is 13.0 Å². The Labute approximate surface area is 177 Å². The SMILES string of the molecule is CCc1nc2c(C)cc(C)nc2n1Cc1ccc(/C(=C/C#N)c2ccccc2)cc1. The molecule has 0 aliphatic heterocycles. The molecular weight excluding hydrogens is 368 g/mol. The maximum absolute atomic E-state index is 9.24. The molecule has 0 saturated heterocycles. The minimum Gasteiger partial charge on any atom is -0.308 e. The van der Waals surface area contributed by atoms with Crippen molar-refractivity contribution in [1.82, 2.24) is 14.5 Å². The van der Waals surface area contributed by atoms with Crippen LogP contribution in [0, 0.1) is 25.2 Å². The minimum absolute atomic E-state index is 0.721. The molecule has 2 heterocycles. The Kier molecular flexibility index (Phi) is 5.45. The summed E-state index contributed by atoms with van der Waals surface area (Å²) in [5, 5.41) is 9.24. The van der Waals surface area contributed by atoms with Crippen LogP contribution in [0.3, 0.4) is 0 Å². The van der Waals surface area contributed by atoms with Crippen LogP contribution in [0.15, 0.2) is 66.7 Å². The van der Waals surface area contributed by atoms with Crippen molar-refractivity contribution in [1.29, 1.82) is 5.26 Å². The van der Waals surface area contributed by atoms with E-state index in [-0.39, 0.29) is 0 Å². The highest BCUT2D eigenvalue weighted by Crippen LogP contribution is 2.25. The number of benzene rings is 2. The smallest absolute Gasteiger partial charge is 0.160 e. The van der Waals surface area contributed by atoms with Gasteiger partial charge in [0.1, 0.15) is 11.3 Å². The normalized spacial score (nSPS) is 11.6. The molecule has 0 saturated carbocycles. The highest BCUT2D eigenvalue weighted by atomic mass is 15.1. The van der Waals surface area contributed by atoms with Gasteiger partial charge in [-0.2, -0.15) is 5.26 Å². The van der Waals surface area contributed by atoms with Crippen LogP contribution in [0.2, 0.25) is 0 Å². The Bertz CT molecular complexity index is 1260. The predicted octanol–water partition coefficient (Wildman–Crippen LogP) is 5.61. The van der Waals surface area contributed by atoms with Crippen molar-refractivity contribution < 1.29 is 0 Å². The molecule has 0 spiro atoms. The lowest BCUT2D eigenvalue weighted by molar-refractivity contribution is 0.745. The number of nitriles is 1. The summed E-state index contributed by atoms with van der Waals surface area (Å²) in [7, 11) is 0. The van der Waals surface area contributed by atoms with Crippen molar-refractivity contribution in [2.75, 3.05) is 0 Å². The third kappa shape index (κ3) is 3.75. The Morgan fingerprint density at radius 2 is 1.70 bits per heavy atom. The predicted molar refractivity (Wildman–Crippen MR) is 121 cm³/mol. The largest absolute Gasteiger partial charge is 0.308 e. The molecule has 0 bridgehead atoms. The van der Waals surface area contributed by atoms with E-state index in [1.54, 1.807) is 6.08 Å². The van der Waals surface area contributed by atoms with Crippen LogP contribution in [0.1, 0.15) is 40.7 Å². The number of allylic oxidation sites excluding steroid dienone is 1. The molecule has 4 rings (SSSR count). The standard InChI is InChI=1S/C26H24N4/c1-4-24-29-25-18(2)16-19(3)28-26(25)30(24)17-20-10-12-22(13-11-20)23(14-15-27)21-8-6-5-7-9-21/h5-14,16H,4,17H2,1-3H3/b23-14+. The molecule has 0 unspecified atom stereocenters. The van der Waals surface area contributed by atoms with Gasteiger partial charge in [-0.15, -0.1) is 0 Å². The third-order valence-corrected chi connectivity index (χ3v) is 5.32. The Hall–Kier alpha value is -3.71. The number of imidazole rings is 1. The van der Waals surface area contributed by atoms with Gasteiger partial charge >= 0.3 is 0 Å². The quantitative estimate of drug-likeness (QED) is 0.415. The van der Waals surface area contributed by atoms with Gasteiger partial charge in [0.15, 0.2) is 5.65 Å². The second-order valence-electron chi connectivity index (χ2n) is 7.47. The van der Waals surface area contributed by atoms with Crippen molar-refractivity contribution in [3.63, 3.8) is 0 Å². The van der Waals surface area contributed by atoms with Gasteiger partial charge in [0, 0.05) is 18.2 Å². The van der Waals surface area contributed by atoms with E-state index in [1.165, 1.54) is 5.56 Å². The molecule has 0 amide bonds. The van der Waals surface area contributed by atoms with Crippen LogP contribution >= 0.6 is 0 Å². The number of rotatable bonds is 5. The van der Waals surface area contributed by atoms with Crippen LogP contribution in [0.4, 0.5) is 0 Å². The fourth-order valence-corrected chi connectivity index (χ4v) is 3.87. The van der Waals surface area contributed by atoms with E-state index in [0.29, 0.717) is 0 Å². The van der Waals surface area contributed by atoms with E-state index in [1.807, 2.05) is 37.3 Å². The van der Waals surface area contributed by atoms with Crippen molar-refractivity contribution >= 4 is 16.7 Å². The Morgan fingerprint density at radius 1 is 1.00 bits per heavy atom. The summed E-state index contributed by atoms with van der Waals surface area (Å²) in [5.41, 5.74) is 8.28. The molecule has 2 aromatic heterocycles. The van der Waals surface area contributed by atoms with E-state index in [4.69, 9.17) is 9.97 Å². The zero-order valence-electron chi connectivity index (χ0n) is 17.6. The second-order valence-corrected chi connectivity index (χ2v) is 7.47. The van der Waals surface area contributed by atoms with Gasteiger partial charge < -0.3 is 4.57 Å². The fourth-order valence-electron chi connectivity index (χ4n) is 3.87. The van der Waals surface area contributed by atoms with Crippen LogP contribution in [0.5, 0.6) is 0 Å². The van der Waals surface area contributed by atoms with E-state index < -0.39 is 0 Å². The second kappa shape index (κ2) is 8.34. The van der Waals surface area contributed by atoms with Gasteiger partial charge in [-0.1, -0.05) is 61.5 Å². The van der Waals surface area contributed by atoms with Gasteiger partial charge in [-0.3, -0.25) is 0 Å². The number of aromatic nitrogens is 3. The maximum atomic E-state index is 9.24. The summed E-state index contributed by atoms with van der Waals surface area (Å²) >= 11 is 0. The number of nitrogens with zero attached hydrogens (tertiary/aromatic N) is 4. The monoisotopic (exact) mass is 392 g/mol. The molecule has 0 N–H and O–H groups in total. The van der Waals surface area contributed by atoms with Crippen LogP contribution in [0.25, 0.3) is 16.7 Å². The molecule has 0 fully saturated rings. The van der Waals surface area contributed by atoms with E-state index in [0.717, 1.165) is 57.9 Å². The molecular formula is C26H24N4. The molecule has 4 aromatic rings. The number of aryl methyl sites for hydroxylation is 3. The lowest BCUT2D eigenvalue weighted by Crippen LogP contribution is -2.05. The summed E-state index contributed by atoms with van der Waals surface area (Å²) in [4.78, 5) is 9.60. The van der Waals surface area contributed by atoms with Gasteiger partial charge in [0.2, 0.25) is 0 Å². The van der Waals surface area contributed by atoms with Crippen molar-refractivity contribution in [3.05, 3.63) is 101 Å². The summed E-state index contributed by atoms with van der Waals surface area (Å²) < 4.78 is 2.22. The third-order valence-electron chi connectivity index (χ3n) is 5.32. The number of hydrogen-bond acceptors (Lipinski definition) is 3. The number of pyridine rings is 1. The molecule has 4 heteroatoms. The van der Waals surface area contributed by atoms with Gasteiger partial charge in [0.05, 0.1) is 12.6 Å². The average Bonchev–Trinajstić information content (AvgIpc) is 3.11. The molecule has 2 aromatic carbocycles. The average molecular weight is 393 g/mol. The van der Waals surface area contributed by atoms with E-state index in [9.17, 15) is 5.26 Å². The first-order valence-corrected chi connectivity index (χ1v) is 10.2. The molecule has 30 heavy (non-hydrogen) atoms. The Balaban J connectivity index is 1.69. The summed E-state index contributed by atoms with van der Waals surface area (Å²) in [6, 6.07) is 22.7. The molecule has 0 aliphatic rings. The molecule has 4 nitrogen and oxygen atoms in total. The van der Waals surface area contributed by atoms with Crippen molar-refractivity contribution in [3.8, 4) is 6.07 Å². The zero-order chi connectivity index (χ0) is 21.1. The fraction of sp³-hybridized carbons (Fsp3) is 0.192. The Morgan fingerprint density at radius 3 is 2.37 bits per heavy atom. The first-order chi connectivity index (χ1) is 14.6. The summed E-state index contributed by atoms with van der Waals surface area (Å²) in [6.45, 7) is 6.96. The zero-order valence-corrected chi connectivity index (χ0v) is 17.6. The van der Waals surface area contributed by atoms with Gasteiger partial charge in [-0.25, -0.2) is 9.97 Å². The summed E-state index contributed by atoms with van der Waals surface area (Å²) in [6.07, 6.45) is 2.47. The molecule has 0 aliphatic carbocycles. The van der Waals surface area contributed by atoms with Crippen LogP contribution in [-0.4, -0.2) is 14.5 Å². The number of fused-ring (bicyclic) bond motifs is 1. The van der Waals surface area contributed by atoms with Gasteiger partial charge in [0.25, 0.3) is 0 Å². The minimum atomic E-state index is 0.721. The van der Waals surface area contributed by atoms with Crippen molar-refractivity contribution in [2.24, 2.45) is 0 Å². The van der Waals surface area contributed by atoms with Gasteiger partial charge in [-0.05, 0) is 47.7 Å². The highest BCUT2D eigenvalue weighted by Gasteiger charge is 2.14. The molecule has 0 atom stereocenters. The lowest BCUT2D eigenvalue weighted by atomic mass is 9.97.